The zero-order chi connectivity index (χ0) is 12.5. The van der Waals surface area contributed by atoms with Gasteiger partial charge in [0.1, 0.15) is 0 Å². The fraction of sp³-hybridized carbons (Fsp3) is 0.625. The molecule has 1 aliphatic carbocycles. The Hall–Kier alpha value is -0.860. The van der Waals surface area contributed by atoms with Gasteiger partial charge in [0.25, 0.3) is 0 Å². The highest BCUT2D eigenvalue weighted by Crippen LogP contribution is 2.45. The summed E-state index contributed by atoms with van der Waals surface area (Å²) < 4.78 is 0. The average molecular weight is 244 g/mol. The molecule has 2 heteroatoms. The van der Waals surface area contributed by atoms with Crippen LogP contribution in [0.2, 0.25) is 0 Å². The van der Waals surface area contributed by atoms with Crippen molar-refractivity contribution in [2.75, 3.05) is 13.1 Å². The molecule has 1 saturated carbocycles. The van der Waals surface area contributed by atoms with Crippen LogP contribution in [0.25, 0.3) is 0 Å². The van der Waals surface area contributed by atoms with E-state index in [1.54, 1.807) is 0 Å². The molecule has 1 heterocycles. The van der Waals surface area contributed by atoms with Gasteiger partial charge in [0.15, 0.2) is 0 Å². The summed E-state index contributed by atoms with van der Waals surface area (Å²) in [5, 5.41) is 3.64. The predicted octanol–water partition coefficient (Wildman–Crippen LogP) is 2.61. The standard InChI is InChI=1S/C16H24N2/c1-3-14-11-18(12(2)10-17-14)16-9-15(16)13-7-5-4-6-8-13/h4-8,12,14-17H,3,9-11H2,1-2H3. The summed E-state index contributed by atoms with van der Waals surface area (Å²) in [5.74, 6) is 0.782. The van der Waals surface area contributed by atoms with Gasteiger partial charge in [0, 0.05) is 37.1 Å². The molecular weight excluding hydrogens is 220 g/mol. The van der Waals surface area contributed by atoms with E-state index in [4.69, 9.17) is 0 Å². The molecular formula is C16H24N2. The summed E-state index contributed by atoms with van der Waals surface area (Å²) in [5.41, 5.74) is 1.53. The summed E-state index contributed by atoms with van der Waals surface area (Å²) >= 11 is 0. The van der Waals surface area contributed by atoms with Gasteiger partial charge in [-0.1, -0.05) is 37.3 Å². The van der Waals surface area contributed by atoms with E-state index in [9.17, 15) is 0 Å². The molecule has 2 aliphatic rings. The third-order valence-electron chi connectivity index (χ3n) is 4.60. The highest BCUT2D eigenvalue weighted by molar-refractivity contribution is 5.28. The summed E-state index contributed by atoms with van der Waals surface area (Å²) in [6.45, 7) is 7.02. The minimum Gasteiger partial charge on any atom is -0.311 e. The molecule has 0 bridgehead atoms. The van der Waals surface area contributed by atoms with Crippen LogP contribution in [-0.2, 0) is 0 Å². The van der Waals surface area contributed by atoms with Crippen LogP contribution in [0.3, 0.4) is 0 Å². The largest absolute Gasteiger partial charge is 0.311 e. The van der Waals surface area contributed by atoms with E-state index in [-0.39, 0.29) is 0 Å². The molecule has 2 nitrogen and oxygen atoms in total. The first kappa shape index (κ1) is 12.2. The van der Waals surface area contributed by atoms with E-state index in [1.165, 1.54) is 24.9 Å². The van der Waals surface area contributed by atoms with Crippen LogP contribution < -0.4 is 5.32 Å². The van der Waals surface area contributed by atoms with E-state index < -0.39 is 0 Å². The molecule has 4 atom stereocenters. The van der Waals surface area contributed by atoms with Crippen molar-refractivity contribution in [3.05, 3.63) is 35.9 Å². The zero-order valence-corrected chi connectivity index (χ0v) is 11.5. The van der Waals surface area contributed by atoms with E-state index in [1.807, 2.05) is 0 Å². The molecule has 0 aromatic heterocycles. The third-order valence-corrected chi connectivity index (χ3v) is 4.60. The SMILES string of the molecule is CCC1CN(C2CC2c2ccccc2)C(C)CN1. The molecule has 1 N–H and O–H groups in total. The number of hydrogen-bond acceptors (Lipinski definition) is 2. The molecule has 1 aromatic rings. The summed E-state index contributed by atoms with van der Waals surface area (Å²) in [6.07, 6.45) is 2.59. The Bertz CT molecular complexity index is 389. The first-order valence-electron chi connectivity index (χ1n) is 7.33. The molecule has 18 heavy (non-hydrogen) atoms. The zero-order valence-electron chi connectivity index (χ0n) is 11.5. The third kappa shape index (κ3) is 2.32. The van der Waals surface area contributed by atoms with Crippen molar-refractivity contribution in [3.8, 4) is 0 Å². The second-order valence-electron chi connectivity index (χ2n) is 5.88. The Kier molecular flexibility index (Phi) is 3.40. The Morgan fingerprint density at radius 2 is 2.06 bits per heavy atom. The molecule has 0 spiro atoms. The number of rotatable bonds is 3. The lowest BCUT2D eigenvalue weighted by Crippen LogP contribution is -2.56. The van der Waals surface area contributed by atoms with Crippen molar-refractivity contribution >= 4 is 0 Å². The molecule has 1 saturated heterocycles. The number of nitrogens with one attached hydrogen (secondary N) is 1. The fourth-order valence-electron chi connectivity index (χ4n) is 3.30. The summed E-state index contributed by atoms with van der Waals surface area (Å²) in [7, 11) is 0. The average Bonchev–Trinajstić information content (AvgIpc) is 3.20. The molecule has 0 amide bonds. The van der Waals surface area contributed by atoms with Gasteiger partial charge < -0.3 is 5.32 Å². The van der Waals surface area contributed by atoms with Crippen LogP contribution in [0, 0.1) is 0 Å². The van der Waals surface area contributed by atoms with Crippen LogP contribution in [0.4, 0.5) is 0 Å². The van der Waals surface area contributed by atoms with Crippen LogP contribution in [0.5, 0.6) is 0 Å². The molecule has 0 radical (unpaired) electrons. The number of benzene rings is 1. The smallest absolute Gasteiger partial charge is 0.0196 e. The first-order valence-corrected chi connectivity index (χ1v) is 7.33. The maximum Gasteiger partial charge on any atom is 0.0196 e. The van der Waals surface area contributed by atoms with Gasteiger partial charge >= 0.3 is 0 Å². The lowest BCUT2D eigenvalue weighted by atomic mass is 10.1. The van der Waals surface area contributed by atoms with E-state index in [0.29, 0.717) is 12.1 Å². The molecule has 98 valence electrons. The molecule has 3 rings (SSSR count). The molecule has 4 unspecified atom stereocenters. The maximum atomic E-state index is 3.64. The van der Waals surface area contributed by atoms with Crippen LogP contribution in [0.1, 0.15) is 38.2 Å². The van der Waals surface area contributed by atoms with Gasteiger partial charge in [0.05, 0.1) is 0 Å². The monoisotopic (exact) mass is 244 g/mol. The highest BCUT2D eigenvalue weighted by Gasteiger charge is 2.45. The van der Waals surface area contributed by atoms with Crippen LogP contribution in [-0.4, -0.2) is 36.1 Å². The fourth-order valence-corrected chi connectivity index (χ4v) is 3.30. The van der Waals surface area contributed by atoms with E-state index >= 15 is 0 Å². The maximum absolute atomic E-state index is 3.64. The van der Waals surface area contributed by atoms with E-state index in [0.717, 1.165) is 18.5 Å². The Labute approximate surface area is 110 Å². The number of hydrogen-bond donors (Lipinski definition) is 1. The summed E-state index contributed by atoms with van der Waals surface area (Å²) in [4.78, 5) is 2.74. The Balaban J connectivity index is 1.66. The van der Waals surface area contributed by atoms with Crippen molar-refractivity contribution in [2.24, 2.45) is 0 Å². The second kappa shape index (κ2) is 5.02. The topological polar surface area (TPSA) is 15.3 Å². The van der Waals surface area contributed by atoms with Crippen LogP contribution in [0.15, 0.2) is 30.3 Å². The van der Waals surface area contributed by atoms with Crippen molar-refractivity contribution in [1.29, 1.82) is 0 Å². The van der Waals surface area contributed by atoms with Crippen molar-refractivity contribution in [1.82, 2.24) is 10.2 Å². The normalized spacial score (nSPS) is 36.6. The Morgan fingerprint density at radius 3 is 2.78 bits per heavy atom. The predicted molar refractivity (Wildman–Crippen MR) is 75.8 cm³/mol. The lowest BCUT2D eigenvalue weighted by Gasteiger charge is -2.39. The number of piperazine rings is 1. The Morgan fingerprint density at radius 1 is 1.28 bits per heavy atom. The van der Waals surface area contributed by atoms with Crippen molar-refractivity contribution in [3.63, 3.8) is 0 Å². The van der Waals surface area contributed by atoms with Gasteiger partial charge in [-0.15, -0.1) is 0 Å². The first-order chi connectivity index (χ1) is 8.79. The molecule has 1 aromatic carbocycles. The molecule has 2 fully saturated rings. The minimum atomic E-state index is 0.687. The van der Waals surface area contributed by atoms with Gasteiger partial charge in [-0.2, -0.15) is 0 Å². The second-order valence-corrected chi connectivity index (χ2v) is 5.88. The van der Waals surface area contributed by atoms with Crippen molar-refractivity contribution < 1.29 is 0 Å². The number of nitrogens with zero attached hydrogens (tertiary/aromatic N) is 1. The van der Waals surface area contributed by atoms with Gasteiger partial charge in [-0.25, -0.2) is 0 Å². The molecule has 1 aliphatic heterocycles. The van der Waals surface area contributed by atoms with Gasteiger partial charge in [0.2, 0.25) is 0 Å². The highest BCUT2D eigenvalue weighted by atomic mass is 15.3. The minimum absolute atomic E-state index is 0.687. The van der Waals surface area contributed by atoms with E-state index in [2.05, 4.69) is 54.4 Å². The van der Waals surface area contributed by atoms with Gasteiger partial charge in [-0.05, 0) is 25.3 Å². The lowest BCUT2D eigenvalue weighted by molar-refractivity contribution is 0.128. The quantitative estimate of drug-likeness (QED) is 0.879. The summed E-state index contributed by atoms with van der Waals surface area (Å²) in [6, 6.07) is 13.2. The van der Waals surface area contributed by atoms with Crippen LogP contribution >= 0.6 is 0 Å². The van der Waals surface area contributed by atoms with Gasteiger partial charge in [-0.3, -0.25) is 4.90 Å². The van der Waals surface area contributed by atoms with Crippen molar-refractivity contribution in [2.45, 2.75) is 50.7 Å².